The highest BCUT2D eigenvalue weighted by Crippen LogP contribution is 2.21. The summed E-state index contributed by atoms with van der Waals surface area (Å²) < 4.78 is 5.72. The normalized spacial score (nSPS) is 18.2. The molecule has 31 heavy (non-hydrogen) atoms. The number of hydrazone groups is 1. The van der Waals surface area contributed by atoms with Crippen LogP contribution in [0.2, 0.25) is 0 Å². The second-order valence-corrected chi connectivity index (χ2v) is 7.26. The predicted molar refractivity (Wildman–Crippen MR) is 116 cm³/mol. The molecule has 0 fully saturated rings. The number of hydrogen-bond donors (Lipinski definition) is 3. The van der Waals surface area contributed by atoms with Crippen molar-refractivity contribution in [2.24, 2.45) is 10.1 Å². The van der Waals surface area contributed by atoms with E-state index in [-0.39, 0.29) is 40.3 Å². The van der Waals surface area contributed by atoms with Gasteiger partial charge in [0.1, 0.15) is 5.56 Å². The van der Waals surface area contributed by atoms with E-state index < -0.39 is 0 Å². The molecule has 0 atom stereocenters. The van der Waals surface area contributed by atoms with Crippen LogP contribution in [0.3, 0.4) is 0 Å². The first-order chi connectivity index (χ1) is 14.8. The summed E-state index contributed by atoms with van der Waals surface area (Å²) in [4.78, 5) is 34.5. The lowest BCUT2D eigenvalue weighted by atomic mass is 10.0. The van der Waals surface area contributed by atoms with Gasteiger partial charge in [0, 0.05) is 32.9 Å². The fourth-order valence-corrected chi connectivity index (χ4v) is 3.14. The van der Waals surface area contributed by atoms with E-state index in [1.807, 2.05) is 12.1 Å². The van der Waals surface area contributed by atoms with Gasteiger partial charge in [0.05, 0.1) is 12.3 Å². The molecule has 0 saturated carbocycles. The zero-order valence-corrected chi connectivity index (χ0v) is 17.3. The van der Waals surface area contributed by atoms with E-state index in [0.717, 1.165) is 5.56 Å². The lowest BCUT2D eigenvalue weighted by Crippen LogP contribution is -2.38. The number of ether oxygens (including phenoxy) is 1. The molecule has 4 rings (SSSR count). The average molecular weight is 419 g/mol. The number of pyridine rings is 1. The van der Waals surface area contributed by atoms with Gasteiger partial charge in [0.15, 0.2) is 11.5 Å². The molecule has 3 heterocycles. The van der Waals surface area contributed by atoms with Gasteiger partial charge >= 0.3 is 0 Å². The Morgan fingerprint density at radius 1 is 1.23 bits per heavy atom. The van der Waals surface area contributed by atoms with Crippen molar-refractivity contribution in [1.82, 2.24) is 20.2 Å². The molecule has 158 valence electrons. The number of carbonyl (C=O) groups excluding carboxylic acids is 1. The zero-order chi connectivity index (χ0) is 22.1. The molecular formula is C21H21N7O3. The standard InChI is InChI=1S/C21H21N7O3/c1-27(2)21(30)13-8-6-12(7-9-13)15-11-28(3)17(22)16(24-15)20-26-25-19(31-20)14-5-4-10-23-18(14)29/h4-10,22,26H,11H2,1-3H3,(H,23,29). The van der Waals surface area contributed by atoms with Crippen LogP contribution in [0.15, 0.2) is 69.1 Å². The van der Waals surface area contributed by atoms with Gasteiger partial charge in [0.25, 0.3) is 17.4 Å². The number of amides is 1. The van der Waals surface area contributed by atoms with E-state index in [0.29, 0.717) is 17.8 Å². The van der Waals surface area contributed by atoms with E-state index in [2.05, 4.69) is 20.5 Å². The van der Waals surface area contributed by atoms with E-state index in [1.54, 1.807) is 50.3 Å². The molecule has 1 aromatic heterocycles. The fourth-order valence-electron chi connectivity index (χ4n) is 3.14. The Balaban J connectivity index is 1.65. The number of nitrogens with one attached hydrogen (secondary N) is 3. The number of carbonyl (C=O) groups is 1. The molecule has 1 aromatic carbocycles. The number of nitrogens with zero attached hydrogens (tertiary/aromatic N) is 4. The minimum atomic E-state index is -0.332. The molecule has 0 spiro atoms. The second kappa shape index (κ2) is 7.90. The average Bonchev–Trinajstić information content (AvgIpc) is 3.25. The maximum absolute atomic E-state index is 12.1. The van der Waals surface area contributed by atoms with Crippen LogP contribution in [0, 0.1) is 5.41 Å². The molecule has 0 radical (unpaired) electrons. The Kier molecular flexibility index (Phi) is 5.12. The summed E-state index contributed by atoms with van der Waals surface area (Å²) in [6.45, 7) is 0.419. The van der Waals surface area contributed by atoms with Gasteiger partial charge in [-0.05, 0) is 29.8 Å². The first kappa shape index (κ1) is 20.1. The molecule has 2 aliphatic heterocycles. The molecular weight excluding hydrogens is 398 g/mol. The van der Waals surface area contributed by atoms with Crippen LogP contribution >= 0.6 is 0 Å². The van der Waals surface area contributed by atoms with E-state index in [1.165, 1.54) is 11.1 Å². The number of likely N-dealkylation sites (N-methyl/N-ethyl adjacent to an activating group) is 1. The molecule has 10 nitrogen and oxygen atoms in total. The van der Waals surface area contributed by atoms with Crippen molar-refractivity contribution >= 4 is 23.4 Å². The number of benzene rings is 1. The van der Waals surface area contributed by atoms with Crippen molar-refractivity contribution < 1.29 is 9.53 Å². The summed E-state index contributed by atoms with van der Waals surface area (Å²) in [6, 6.07) is 10.4. The third-order valence-corrected chi connectivity index (χ3v) is 4.83. The summed E-state index contributed by atoms with van der Waals surface area (Å²) in [7, 11) is 5.18. The molecule has 0 saturated heterocycles. The van der Waals surface area contributed by atoms with Crippen molar-refractivity contribution in [2.45, 2.75) is 0 Å². The Hall–Kier alpha value is -4.21. The third kappa shape index (κ3) is 3.82. The Bertz CT molecular complexity index is 1210. The SMILES string of the molecule is CN(C)C(=O)c1ccc(C2=NC(=C3NN=C(c4ccc[nH]c4=O)O3)C(=N)N(C)C2)cc1. The highest BCUT2D eigenvalue weighted by molar-refractivity contribution is 6.12. The Labute approximate surface area is 178 Å². The third-order valence-electron chi connectivity index (χ3n) is 4.83. The van der Waals surface area contributed by atoms with Crippen molar-refractivity contribution in [3.63, 3.8) is 0 Å². The molecule has 1 amide bonds. The van der Waals surface area contributed by atoms with Crippen molar-refractivity contribution in [2.75, 3.05) is 27.7 Å². The van der Waals surface area contributed by atoms with Gasteiger partial charge in [0.2, 0.25) is 5.88 Å². The predicted octanol–water partition coefficient (Wildman–Crippen LogP) is 0.939. The minimum absolute atomic E-state index is 0.0806. The summed E-state index contributed by atoms with van der Waals surface area (Å²) >= 11 is 0. The van der Waals surface area contributed by atoms with Crippen LogP contribution < -0.4 is 11.0 Å². The largest absolute Gasteiger partial charge is 0.416 e. The maximum Gasteiger partial charge on any atom is 0.260 e. The van der Waals surface area contributed by atoms with Gasteiger partial charge in [-0.1, -0.05) is 12.1 Å². The fraction of sp³-hybridized carbons (Fsp3) is 0.190. The summed E-state index contributed by atoms with van der Waals surface area (Å²) in [5.74, 6) is 0.354. The van der Waals surface area contributed by atoms with Gasteiger partial charge in [-0.15, -0.1) is 5.10 Å². The molecule has 2 aromatic rings. The number of H-pyrrole nitrogens is 1. The lowest BCUT2D eigenvalue weighted by Gasteiger charge is -2.27. The minimum Gasteiger partial charge on any atom is -0.416 e. The van der Waals surface area contributed by atoms with Crippen LogP contribution in [0.4, 0.5) is 0 Å². The molecule has 3 N–H and O–H groups in total. The van der Waals surface area contributed by atoms with Crippen LogP contribution in [0.1, 0.15) is 21.5 Å². The number of amidine groups is 1. The quantitative estimate of drug-likeness (QED) is 0.683. The smallest absolute Gasteiger partial charge is 0.260 e. The van der Waals surface area contributed by atoms with Gasteiger partial charge in [-0.2, -0.15) is 0 Å². The lowest BCUT2D eigenvalue weighted by molar-refractivity contribution is 0.0827. The van der Waals surface area contributed by atoms with E-state index in [4.69, 9.17) is 10.1 Å². The number of aliphatic imine (C=N–C) groups is 1. The van der Waals surface area contributed by atoms with Crippen molar-refractivity contribution in [1.29, 1.82) is 5.41 Å². The number of aromatic nitrogens is 1. The highest BCUT2D eigenvalue weighted by Gasteiger charge is 2.28. The maximum atomic E-state index is 12.1. The molecule has 0 bridgehead atoms. The van der Waals surface area contributed by atoms with Crippen LogP contribution in [0.5, 0.6) is 0 Å². The second-order valence-electron chi connectivity index (χ2n) is 7.26. The van der Waals surface area contributed by atoms with Gasteiger partial charge in [-0.3, -0.25) is 15.0 Å². The van der Waals surface area contributed by atoms with Crippen molar-refractivity contribution in [3.8, 4) is 0 Å². The van der Waals surface area contributed by atoms with Crippen LogP contribution in [-0.4, -0.2) is 65.8 Å². The molecule has 0 aliphatic carbocycles. The van der Waals surface area contributed by atoms with Crippen molar-refractivity contribution in [3.05, 3.63) is 81.2 Å². The zero-order valence-electron chi connectivity index (χ0n) is 17.3. The van der Waals surface area contributed by atoms with E-state index in [9.17, 15) is 9.59 Å². The van der Waals surface area contributed by atoms with Gasteiger partial charge < -0.3 is 19.5 Å². The van der Waals surface area contributed by atoms with E-state index >= 15 is 0 Å². The summed E-state index contributed by atoms with van der Waals surface area (Å²) in [6.07, 6.45) is 1.52. The first-order valence-electron chi connectivity index (χ1n) is 9.48. The topological polar surface area (TPSA) is 126 Å². The summed E-state index contributed by atoms with van der Waals surface area (Å²) in [5.41, 5.74) is 5.05. The van der Waals surface area contributed by atoms with Crippen LogP contribution in [0.25, 0.3) is 0 Å². The molecule has 2 aliphatic rings. The monoisotopic (exact) mass is 419 g/mol. The first-order valence-corrected chi connectivity index (χ1v) is 9.48. The number of aromatic amines is 1. The Morgan fingerprint density at radius 2 is 1.97 bits per heavy atom. The molecule has 0 unspecified atom stereocenters. The number of rotatable bonds is 3. The van der Waals surface area contributed by atoms with Gasteiger partial charge in [-0.25, -0.2) is 10.4 Å². The van der Waals surface area contributed by atoms with Crippen LogP contribution in [-0.2, 0) is 4.74 Å². The number of hydrogen-bond acceptors (Lipinski definition) is 7. The summed E-state index contributed by atoms with van der Waals surface area (Å²) in [5, 5.41) is 12.5. The molecule has 10 heteroatoms. The Morgan fingerprint density at radius 3 is 2.65 bits per heavy atom. The highest BCUT2D eigenvalue weighted by atomic mass is 16.5.